The van der Waals surface area contributed by atoms with Gasteiger partial charge in [0, 0.05) is 42.6 Å². The van der Waals surface area contributed by atoms with Crippen LogP contribution < -0.4 is 15.5 Å². The van der Waals surface area contributed by atoms with E-state index in [-0.39, 0.29) is 17.9 Å². The van der Waals surface area contributed by atoms with E-state index in [1.807, 2.05) is 17.9 Å². The molecular formula is C21H23Cl3N6O2. The monoisotopic (exact) mass is 496 g/mol. The second kappa shape index (κ2) is 9.68. The lowest BCUT2D eigenvalue weighted by Crippen LogP contribution is -2.53. The Bertz CT molecular complexity index is 1030. The second-order valence-electron chi connectivity index (χ2n) is 7.87. The van der Waals surface area contributed by atoms with Gasteiger partial charge in [-0.1, -0.05) is 40.9 Å². The van der Waals surface area contributed by atoms with Crippen molar-refractivity contribution in [2.45, 2.75) is 31.8 Å². The lowest BCUT2D eigenvalue weighted by molar-refractivity contribution is -0.134. The number of carbonyl (C=O) groups excluding carboxylic acids is 2. The van der Waals surface area contributed by atoms with Crippen LogP contribution in [0.3, 0.4) is 0 Å². The van der Waals surface area contributed by atoms with Crippen LogP contribution in [0.4, 0.5) is 11.8 Å². The number of halogens is 3. The summed E-state index contributed by atoms with van der Waals surface area (Å²) in [5, 5.41) is 7.56. The van der Waals surface area contributed by atoms with Gasteiger partial charge in [0.15, 0.2) is 5.82 Å². The van der Waals surface area contributed by atoms with Crippen molar-refractivity contribution < 1.29 is 9.59 Å². The van der Waals surface area contributed by atoms with Gasteiger partial charge in [-0.25, -0.2) is 4.98 Å². The third-order valence-corrected chi connectivity index (χ3v) is 6.52. The molecule has 0 unspecified atom stereocenters. The third-order valence-electron chi connectivity index (χ3n) is 5.68. The zero-order chi connectivity index (χ0) is 22.8. The van der Waals surface area contributed by atoms with Crippen LogP contribution in [0.2, 0.25) is 15.1 Å². The van der Waals surface area contributed by atoms with Crippen molar-refractivity contribution in [1.82, 2.24) is 20.2 Å². The third kappa shape index (κ3) is 5.03. The summed E-state index contributed by atoms with van der Waals surface area (Å²) in [7, 11) is 0. The van der Waals surface area contributed by atoms with Crippen LogP contribution in [0.15, 0.2) is 24.4 Å². The largest absolute Gasteiger partial charge is 0.362 e. The van der Waals surface area contributed by atoms with Gasteiger partial charge in [-0.15, -0.1) is 0 Å². The number of anilines is 2. The average molecular weight is 498 g/mol. The van der Waals surface area contributed by atoms with Gasteiger partial charge in [0.05, 0.1) is 12.2 Å². The van der Waals surface area contributed by atoms with Crippen molar-refractivity contribution in [3.8, 4) is 0 Å². The smallest absolute Gasteiger partial charge is 0.245 e. The number of piperazine rings is 1. The minimum Gasteiger partial charge on any atom is -0.362 e. The van der Waals surface area contributed by atoms with Gasteiger partial charge in [0.2, 0.25) is 17.8 Å². The molecular weight excluding hydrogens is 475 g/mol. The maximum absolute atomic E-state index is 12.6. The van der Waals surface area contributed by atoms with Crippen LogP contribution in [0.1, 0.15) is 31.4 Å². The topological polar surface area (TPSA) is 90.5 Å². The molecule has 0 radical (unpaired) electrons. The minimum absolute atomic E-state index is 0.0245. The molecule has 0 spiro atoms. The first-order valence-corrected chi connectivity index (χ1v) is 11.5. The Morgan fingerprint density at radius 2 is 1.94 bits per heavy atom. The fourth-order valence-electron chi connectivity index (χ4n) is 3.89. The molecule has 2 atom stereocenters. The molecule has 2 aliphatic heterocycles. The summed E-state index contributed by atoms with van der Waals surface area (Å²) < 4.78 is 0. The molecule has 0 bridgehead atoms. The highest BCUT2D eigenvalue weighted by Crippen LogP contribution is 2.30. The standard InChI is InChI=1S/C21H23Cl3N6O2/c1-12(14-3-2-13(22)10-15(14)23)26-19-16(24)11-25-21(28-19)30-8-6-29(7-9-30)20(32)17-4-5-18(31)27-17/h2-3,10-12,17H,4-9H2,1H3,(H,27,31)(H,25,26,28)/t12-,17+/m0/s1. The number of benzene rings is 1. The summed E-state index contributed by atoms with van der Waals surface area (Å²) in [5.41, 5.74) is 0.874. The Morgan fingerprint density at radius 3 is 2.59 bits per heavy atom. The first kappa shape index (κ1) is 22.9. The van der Waals surface area contributed by atoms with Crippen molar-refractivity contribution in [1.29, 1.82) is 0 Å². The van der Waals surface area contributed by atoms with Gasteiger partial charge in [-0.2, -0.15) is 4.98 Å². The molecule has 2 amide bonds. The summed E-state index contributed by atoms with van der Waals surface area (Å²) in [6.45, 7) is 4.21. The van der Waals surface area contributed by atoms with Crippen LogP contribution in [0, 0.1) is 0 Å². The molecule has 2 saturated heterocycles. The van der Waals surface area contributed by atoms with Crippen LogP contribution in [-0.4, -0.2) is 58.9 Å². The zero-order valence-corrected chi connectivity index (χ0v) is 19.7. The summed E-state index contributed by atoms with van der Waals surface area (Å²) in [6.07, 6.45) is 2.53. The van der Waals surface area contributed by atoms with Gasteiger partial charge >= 0.3 is 0 Å². The van der Waals surface area contributed by atoms with E-state index < -0.39 is 6.04 Å². The van der Waals surface area contributed by atoms with Crippen molar-refractivity contribution in [3.63, 3.8) is 0 Å². The predicted molar refractivity (Wildman–Crippen MR) is 125 cm³/mol. The van der Waals surface area contributed by atoms with E-state index in [1.54, 1.807) is 23.2 Å². The Balaban J connectivity index is 1.40. The van der Waals surface area contributed by atoms with Gasteiger partial charge < -0.3 is 20.4 Å². The zero-order valence-electron chi connectivity index (χ0n) is 17.4. The summed E-state index contributed by atoms with van der Waals surface area (Å²) in [5.74, 6) is 0.948. The van der Waals surface area contributed by atoms with Gasteiger partial charge in [-0.3, -0.25) is 9.59 Å². The second-order valence-corrected chi connectivity index (χ2v) is 9.12. The summed E-state index contributed by atoms with van der Waals surface area (Å²) >= 11 is 18.6. The number of hydrogen-bond donors (Lipinski definition) is 2. The highest BCUT2D eigenvalue weighted by molar-refractivity contribution is 6.35. The molecule has 0 aliphatic carbocycles. The lowest BCUT2D eigenvalue weighted by Gasteiger charge is -2.36. The molecule has 170 valence electrons. The molecule has 8 nitrogen and oxygen atoms in total. The van der Waals surface area contributed by atoms with Crippen LogP contribution in [0.5, 0.6) is 0 Å². The fourth-order valence-corrected chi connectivity index (χ4v) is 4.61. The maximum Gasteiger partial charge on any atom is 0.245 e. The number of nitrogens with zero attached hydrogens (tertiary/aromatic N) is 4. The first-order valence-electron chi connectivity index (χ1n) is 10.4. The Kier molecular flexibility index (Phi) is 6.93. The highest BCUT2D eigenvalue weighted by atomic mass is 35.5. The average Bonchev–Trinajstić information content (AvgIpc) is 3.21. The van der Waals surface area contributed by atoms with E-state index in [0.29, 0.717) is 65.9 Å². The van der Waals surface area contributed by atoms with Crippen molar-refractivity contribution in [2.24, 2.45) is 0 Å². The predicted octanol–water partition coefficient (Wildman–Crippen LogP) is 3.54. The van der Waals surface area contributed by atoms with E-state index in [9.17, 15) is 9.59 Å². The molecule has 0 saturated carbocycles. The molecule has 4 rings (SSSR count). The number of hydrogen-bond acceptors (Lipinski definition) is 6. The van der Waals surface area contributed by atoms with E-state index in [2.05, 4.69) is 20.6 Å². The molecule has 1 aromatic heterocycles. The molecule has 2 fully saturated rings. The van der Waals surface area contributed by atoms with Gasteiger partial charge in [0.25, 0.3) is 0 Å². The molecule has 32 heavy (non-hydrogen) atoms. The number of amides is 2. The molecule has 1 aromatic carbocycles. The van der Waals surface area contributed by atoms with E-state index in [1.165, 1.54) is 0 Å². The molecule has 2 N–H and O–H groups in total. The van der Waals surface area contributed by atoms with Crippen LogP contribution in [-0.2, 0) is 9.59 Å². The maximum atomic E-state index is 12.6. The normalized spacial score (nSPS) is 19.6. The first-order chi connectivity index (χ1) is 15.3. The number of carbonyl (C=O) groups is 2. The van der Waals surface area contributed by atoms with Gasteiger partial charge in [-0.05, 0) is 31.0 Å². The summed E-state index contributed by atoms with van der Waals surface area (Å²) in [4.78, 5) is 36.8. The highest BCUT2D eigenvalue weighted by Gasteiger charge is 2.32. The lowest BCUT2D eigenvalue weighted by atomic mass is 10.1. The van der Waals surface area contributed by atoms with E-state index in [4.69, 9.17) is 34.8 Å². The summed E-state index contributed by atoms with van der Waals surface area (Å²) in [6, 6.07) is 4.78. The number of rotatable bonds is 5. The number of aromatic nitrogens is 2. The van der Waals surface area contributed by atoms with Crippen molar-refractivity contribution in [3.05, 3.63) is 45.0 Å². The van der Waals surface area contributed by atoms with Crippen LogP contribution >= 0.6 is 34.8 Å². The van der Waals surface area contributed by atoms with Gasteiger partial charge in [0.1, 0.15) is 11.1 Å². The van der Waals surface area contributed by atoms with Crippen molar-refractivity contribution in [2.75, 3.05) is 36.4 Å². The Morgan fingerprint density at radius 1 is 1.19 bits per heavy atom. The Labute approximate surface area is 201 Å². The molecule has 11 heteroatoms. The van der Waals surface area contributed by atoms with E-state index in [0.717, 1.165) is 5.56 Å². The number of nitrogens with one attached hydrogen (secondary N) is 2. The quantitative estimate of drug-likeness (QED) is 0.657. The SMILES string of the molecule is C[C@H](Nc1nc(N2CCN(C(=O)[C@H]3CCC(=O)N3)CC2)ncc1Cl)c1ccc(Cl)cc1Cl. The minimum atomic E-state index is -0.405. The molecule has 2 aliphatic rings. The fraction of sp³-hybridized carbons (Fsp3) is 0.429. The molecule has 3 heterocycles. The Hall–Kier alpha value is -2.29. The van der Waals surface area contributed by atoms with Crippen LogP contribution in [0.25, 0.3) is 0 Å². The molecule has 2 aromatic rings. The van der Waals surface area contributed by atoms with Crippen molar-refractivity contribution >= 4 is 58.4 Å². The van der Waals surface area contributed by atoms with E-state index >= 15 is 0 Å².